The topological polar surface area (TPSA) is 29.5 Å². The van der Waals surface area contributed by atoms with Crippen molar-refractivity contribution in [1.82, 2.24) is 0 Å². The number of carbonyl (C=O) groups excluding carboxylic acids is 1. The molecule has 3 heteroatoms. The molecule has 1 saturated carbocycles. The largest absolute Gasteiger partial charge is 0.383 e. The van der Waals surface area contributed by atoms with Crippen molar-refractivity contribution in [3.05, 3.63) is 29.8 Å². The molecule has 0 unspecified atom stereocenters. The number of nitrogens with zero attached hydrogens (tertiary/aromatic N) is 1. The molecule has 0 aromatic heterocycles. The first-order valence-electron chi connectivity index (χ1n) is 6.09. The number of ketones is 1. The highest BCUT2D eigenvalue weighted by Crippen LogP contribution is 2.33. The zero-order valence-corrected chi connectivity index (χ0v) is 10.5. The van der Waals surface area contributed by atoms with Gasteiger partial charge in [-0.15, -0.1) is 0 Å². The number of hydrogen-bond donors (Lipinski definition) is 0. The Bertz CT molecular complexity index is 399. The van der Waals surface area contributed by atoms with Crippen molar-refractivity contribution in [1.29, 1.82) is 0 Å². The highest BCUT2D eigenvalue weighted by atomic mass is 16.5. The van der Waals surface area contributed by atoms with Gasteiger partial charge in [0.05, 0.1) is 6.61 Å². The number of Topliss-reactive ketones (excluding diaryl/α,β-unsaturated/α-hetero) is 1. The van der Waals surface area contributed by atoms with Crippen LogP contribution in [0.5, 0.6) is 0 Å². The number of ether oxygens (including phenoxy) is 1. The number of methoxy groups -OCH3 is 1. The summed E-state index contributed by atoms with van der Waals surface area (Å²) in [6.07, 6.45) is 2.44. The van der Waals surface area contributed by atoms with Gasteiger partial charge in [0.25, 0.3) is 0 Å². The molecule has 1 aromatic rings. The molecular formula is C14H19NO2. The van der Waals surface area contributed by atoms with Crippen LogP contribution in [0.4, 0.5) is 5.69 Å². The van der Waals surface area contributed by atoms with Crippen LogP contribution in [-0.2, 0) is 4.74 Å². The molecule has 1 aliphatic rings. The SMILES string of the molecule is COCCN(c1ccccc1C(C)=O)C1CC1. The van der Waals surface area contributed by atoms with Crippen LogP contribution in [-0.4, -0.2) is 32.1 Å². The van der Waals surface area contributed by atoms with Crippen LogP contribution in [0.15, 0.2) is 24.3 Å². The Balaban J connectivity index is 2.25. The van der Waals surface area contributed by atoms with Gasteiger partial charge < -0.3 is 9.64 Å². The lowest BCUT2D eigenvalue weighted by atomic mass is 10.1. The third-order valence-corrected chi connectivity index (χ3v) is 3.12. The van der Waals surface area contributed by atoms with Gasteiger partial charge in [0, 0.05) is 30.9 Å². The van der Waals surface area contributed by atoms with Gasteiger partial charge in [-0.25, -0.2) is 0 Å². The van der Waals surface area contributed by atoms with Gasteiger partial charge in [0.1, 0.15) is 0 Å². The molecule has 92 valence electrons. The van der Waals surface area contributed by atoms with Gasteiger partial charge in [0.2, 0.25) is 0 Å². The molecule has 17 heavy (non-hydrogen) atoms. The molecule has 0 atom stereocenters. The molecular weight excluding hydrogens is 214 g/mol. The van der Waals surface area contributed by atoms with Crippen molar-refractivity contribution in [2.45, 2.75) is 25.8 Å². The third kappa shape index (κ3) is 2.86. The second kappa shape index (κ2) is 5.32. The first-order chi connectivity index (χ1) is 8.24. The Morgan fingerprint density at radius 3 is 2.71 bits per heavy atom. The second-order valence-electron chi connectivity index (χ2n) is 4.49. The fourth-order valence-corrected chi connectivity index (χ4v) is 2.10. The predicted octanol–water partition coefficient (Wildman–Crippen LogP) is 2.50. The van der Waals surface area contributed by atoms with E-state index in [-0.39, 0.29) is 5.78 Å². The highest BCUT2D eigenvalue weighted by Gasteiger charge is 2.30. The molecule has 0 spiro atoms. The van der Waals surface area contributed by atoms with Crippen LogP contribution >= 0.6 is 0 Å². The van der Waals surface area contributed by atoms with E-state index >= 15 is 0 Å². The van der Waals surface area contributed by atoms with E-state index in [1.807, 2.05) is 24.3 Å². The Morgan fingerprint density at radius 1 is 1.41 bits per heavy atom. The van der Waals surface area contributed by atoms with Crippen LogP contribution in [0.2, 0.25) is 0 Å². The number of rotatable bonds is 6. The van der Waals surface area contributed by atoms with Gasteiger partial charge in [-0.1, -0.05) is 12.1 Å². The van der Waals surface area contributed by atoms with Gasteiger partial charge in [-0.05, 0) is 31.9 Å². The van der Waals surface area contributed by atoms with Crippen LogP contribution in [0, 0.1) is 0 Å². The van der Waals surface area contributed by atoms with Crippen molar-refractivity contribution >= 4 is 11.5 Å². The molecule has 1 aromatic carbocycles. The Morgan fingerprint density at radius 2 is 2.12 bits per heavy atom. The summed E-state index contributed by atoms with van der Waals surface area (Å²) in [5.74, 6) is 0.128. The maximum absolute atomic E-state index is 11.6. The monoisotopic (exact) mass is 233 g/mol. The van der Waals surface area contributed by atoms with Crippen LogP contribution in [0.3, 0.4) is 0 Å². The highest BCUT2D eigenvalue weighted by molar-refractivity contribution is 5.99. The first kappa shape index (κ1) is 12.1. The smallest absolute Gasteiger partial charge is 0.161 e. The van der Waals surface area contributed by atoms with E-state index in [1.54, 1.807) is 14.0 Å². The van der Waals surface area contributed by atoms with Crippen LogP contribution in [0.1, 0.15) is 30.1 Å². The van der Waals surface area contributed by atoms with E-state index in [2.05, 4.69) is 4.90 Å². The summed E-state index contributed by atoms with van der Waals surface area (Å²) in [6, 6.07) is 8.43. The van der Waals surface area contributed by atoms with Crippen molar-refractivity contribution < 1.29 is 9.53 Å². The molecule has 1 fully saturated rings. The first-order valence-corrected chi connectivity index (χ1v) is 6.09. The number of anilines is 1. The van der Waals surface area contributed by atoms with Crippen molar-refractivity contribution in [2.24, 2.45) is 0 Å². The molecule has 0 N–H and O–H groups in total. The Labute approximate surface area is 102 Å². The predicted molar refractivity (Wildman–Crippen MR) is 68.7 cm³/mol. The van der Waals surface area contributed by atoms with E-state index in [4.69, 9.17) is 4.74 Å². The maximum atomic E-state index is 11.6. The number of benzene rings is 1. The van der Waals surface area contributed by atoms with Gasteiger partial charge in [-0.2, -0.15) is 0 Å². The summed E-state index contributed by atoms with van der Waals surface area (Å²) in [5, 5.41) is 0. The minimum absolute atomic E-state index is 0.128. The summed E-state index contributed by atoms with van der Waals surface area (Å²) in [7, 11) is 1.71. The lowest BCUT2D eigenvalue weighted by Gasteiger charge is -2.26. The average molecular weight is 233 g/mol. The Hall–Kier alpha value is -1.35. The number of hydrogen-bond acceptors (Lipinski definition) is 3. The minimum atomic E-state index is 0.128. The van der Waals surface area contributed by atoms with Crippen molar-refractivity contribution in [3.63, 3.8) is 0 Å². The summed E-state index contributed by atoms with van der Waals surface area (Å²) < 4.78 is 5.15. The van der Waals surface area contributed by atoms with Crippen molar-refractivity contribution in [2.75, 3.05) is 25.2 Å². The standard InChI is InChI=1S/C14H19NO2/c1-11(16)13-5-3-4-6-14(13)15(9-10-17-2)12-7-8-12/h3-6,12H,7-10H2,1-2H3. The minimum Gasteiger partial charge on any atom is -0.383 e. The number of carbonyl (C=O) groups is 1. The summed E-state index contributed by atoms with van der Waals surface area (Å²) in [6.45, 7) is 3.18. The number of para-hydroxylation sites is 1. The maximum Gasteiger partial charge on any atom is 0.161 e. The molecule has 0 saturated heterocycles. The van der Waals surface area contributed by atoms with Gasteiger partial charge in [0.15, 0.2) is 5.78 Å². The molecule has 2 rings (SSSR count). The van der Waals surface area contributed by atoms with E-state index in [0.717, 1.165) is 17.8 Å². The fourth-order valence-electron chi connectivity index (χ4n) is 2.10. The molecule has 3 nitrogen and oxygen atoms in total. The second-order valence-corrected chi connectivity index (χ2v) is 4.49. The zero-order valence-electron chi connectivity index (χ0n) is 10.5. The van der Waals surface area contributed by atoms with Crippen LogP contribution in [0.25, 0.3) is 0 Å². The van der Waals surface area contributed by atoms with E-state index in [1.165, 1.54) is 12.8 Å². The molecule has 1 aliphatic carbocycles. The quantitative estimate of drug-likeness (QED) is 0.707. The lowest BCUT2D eigenvalue weighted by Crippen LogP contribution is -2.30. The molecule has 0 radical (unpaired) electrons. The van der Waals surface area contributed by atoms with E-state index in [9.17, 15) is 4.79 Å². The molecule has 0 heterocycles. The molecule has 0 bridgehead atoms. The normalized spacial score (nSPS) is 14.7. The van der Waals surface area contributed by atoms with E-state index < -0.39 is 0 Å². The summed E-state index contributed by atoms with van der Waals surface area (Å²) in [5.41, 5.74) is 1.87. The molecule has 0 aliphatic heterocycles. The summed E-state index contributed by atoms with van der Waals surface area (Å²) in [4.78, 5) is 13.9. The lowest BCUT2D eigenvalue weighted by molar-refractivity contribution is 0.101. The zero-order chi connectivity index (χ0) is 12.3. The van der Waals surface area contributed by atoms with Gasteiger partial charge in [-0.3, -0.25) is 4.79 Å². The fraction of sp³-hybridized carbons (Fsp3) is 0.500. The van der Waals surface area contributed by atoms with Crippen LogP contribution < -0.4 is 4.90 Å². The summed E-state index contributed by atoms with van der Waals surface area (Å²) >= 11 is 0. The van der Waals surface area contributed by atoms with E-state index in [0.29, 0.717) is 12.6 Å². The molecule has 0 amide bonds. The van der Waals surface area contributed by atoms with Gasteiger partial charge >= 0.3 is 0 Å². The van der Waals surface area contributed by atoms with Crippen molar-refractivity contribution in [3.8, 4) is 0 Å². The third-order valence-electron chi connectivity index (χ3n) is 3.12. The Kier molecular flexibility index (Phi) is 3.79. The average Bonchev–Trinajstić information content (AvgIpc) is 3.14.